The second kappa shape index (κ2) is 12.9. The first kappa shape index (κ1) is 26.8. The number of amides is 2. The number of ether oxygens (including phenoxy) is 2. The third kappa shape index (κ3) is 6.82. The number of nitrogens with zero attached hydrogens (tertiary/aromatic N) is 4. The zero-order valence-corrected chi connectivity index (χ0v) is 22.3. The molecular weight excluding hydrogens is 516 g/mol. The van der Waals surface area contributed by atoms with Crippen molar-refractivity contribution in [2.75, 3.05) is 17.6 Å². The van der Waals surface area contributed by atoms with Crippen LogP contribution in [0.25, 0.3) is 5.69 Å². The first-order chi connectivity index (χ1) is 19.1. The molecule has 1 aromatic heterocycles. The molecule has 4 aromatic rings. The molecule has 11 heteroatoms. The number of rotatable bonds is 9. The van der Waals surface area contributed by atoms with Gasteiger partial charge in [0.15, 0.2) is 6.29 Å². The number of anilines is 1. The Balaban J connectivity index is 1.35. The van der Waals surface area contributed by atoms with E-state index in [1.54, 1.807) is 4.68 Å². The zero-order valence-electron chi connectivity index (χ0n) is 21.4. The fourth-order valence-corrected chi connectivity index (χ4v) is 5.20. The number of hydrogen-bond donors (Lipinski definition) is 3. The molecule has 3 unspecified atom stereocenters. The van der Waals surface area contributed by atoms with Crippen LogP contribution in [0.15, 0.2) is 84.0 Å². The highest BCUT2D eigenvalue weighted by atomic mass is 32.2. The Morgan fingerprint density at radius 1 is 1.05 bits per heavy atom. The molecule has 2 heterocycles. The fraction of sp³-hybridized carbons (Fsp3) is 0.286. The quantitative estimate of drug-likeness (QED) is 0.260. The molecule has 5 rings (SSSR count). The summed E-state index contributed by atoms with van der Waals surface area (Å²) in [4.78, 5) is 12.0. The van der Waals surface area contributed by atoms with Gasteiger partial charge in [-0.3, -0.25) is 0 Å². The molecule has 3 N–H and O–H groups in total. The topological polar surface area (TPSA) is 123 Å². The third-order valence-electron chi connectivity index (χ3n) is 6.21. The Kier molecular flexibility index (Phi) is 8.84. The summed E-state index contributed by atoms with van der Waals surface area (Å²) in [6.45, 7) is 2.38. The predicted octanol–water partition coefficient (Wildman–Crippen LogP) is 4.63. The smallest absolute Gasteiger partial charge is 0.319 e. The Labute approximate surface area is 230 Å². The van der Waals surface area contributed by atoms with Crippen molar-refractivity contribution in [2.24, 2.45) is 0 Å². The minimum Gasteiger partial charge on any atom is -0.392 e. The van der Waals surface area contributed by atoms with Crippen molar-refractivity contribution < 1.29 is 19.4 Å². The van der Waals surface area contributed by atoms with E-state index >= 15 is 0 Å². The summed E-state index contributed by atoms with van der Waals surface area (Å²) >= 11 is 1.52. The molecule has 1 aliphatic heterocycles. The predicted molar refractivity (Wildman–Crippen MR) is 147 cm³/mol. The summed E-state index contributed by atoms with van der Waals surface area (Å²) in [6, 6.07) is 24.7. The van der Waals surface area contributed by atoms with Crippen molar-refractivity contribution in [3.63, 3.8) is 0 Å². The number of carbonyl (C=O) groups is 1. The summed E-state index contributed by atoms with van der Waals surface area (Å²) in [7, 11) is 0. The number of para-hydroxylation sites is 1. The molecule has 39 heavy (non-hydrogen) atoms. The standard InChI is InChI=1S/C28H30N6O4S/c1-2-29-27(36)30-22-8-6-7-21(15-22)26-37-24(16-25(38-26)20-13-11-19(17-35)12-14-20)18-39-28-31-32-33-34(28)23-9-4-3-5-10-23/h3-15,24-26,35H,2,16-18H2,1H3,(H2,29,30,36). The molecular formula is C28H30N6O4S. The van der Waals surface area contributed by atoms with E-state index in [0.717, 1.165) is 22.4 Å². The van der Waals surface area contributed by atoms with Crippen molar-refractivity contribution in [3.05, 3.63) is 95.6 Å². The SMILES string of the molecule is CCNC(=O)Nc1cccc(C2OC(CSc3nnnn3-c3ccccc3)CC(c3ccc(CO)cc3)O2)c1. The van der Waals surface area contributed by atoms with Gasteiger partial charge in [-0.15, -0.1) is 5.10 Å². The average molecular weight is 547 g/mol. The van der Waals surface area contributed by atoms with Crippen LogP contribution >= 0.6 is 11.8 Å². The van der Waals surface area contributed by atoms with E-state index in [0.29, 0.717) is 29.6 Å². The maximum atomic E-state index is 12.0. The largest absolute Gasteiger partial charge is 0.392 e. The molecule has 2 amide bonds. The van der Waals surface area contributed by atoms with Gasteiger partial charge in [-0.2, -0.15) is 4.68 Å². The van der Waals surface area contributed by atoms with Crippen molar-refractivity contribution in [2.45, 2.75) is 43.6 Å². The summed E-state index contributed by atoms with van der Waals surface area (Å²) in [5.41, 5.74) is 4.17. The van der Waals surface area contributed by atoms with Gasteiger partial charge in [0.1, 0.15) is 0 Å². The number of nitrogens with one attached hydrogen (secondary N) is 2. The lowest BCUT2D eigenvalue weighted by Crippen LogP contribution is -2.31. The van der Waals surface area contributed by atoms with Gasteiger partial charge in [-0.05, 0) is 52.7 Å². The molecule has 3 aromatic carbocycles. The zero-order chi connectivity index (χ0) is 27.0. The van der Waals surface area contributed by atoms with Crippen molar-refractivity contribution >= 4 is 23.5 Å². The molecule has 0 saturated carbocycles. The Morgan fingerprint density at radius 2 is 1.87 bits per heavy atom. The lowest BCUT2D eigenvalue weighted by Gasteiger charge is -2.36. The van der Waals surface area contributed by atoms with E-state index in [1.165, 1.54) is 11.8 Å². The van der Waals surface area contributed by atoms with Crippen LogP contribution < -0.4 is 10.6 Å². The highest BCUT2D eigenvalue weighted by Crippen LogP contribution is 2.39. The number of aliphatic hydroxyl groups excluding tert-OH is 1. The van der Waals surface area contributed by atoms with Crippen molar-refractivity contribution in [1.82, 2.24) is 25.5 Å². The first-order valence-corrected chi connectivity index (χ1v) is 13.7. The summed E-state index contributed by atoms with van der Waals surface area (Å²) < 4.78 is 14.6. The Bertz CT molecular complexity index is 1370. The van der Waals surface area contributed by atoms with Crippen LogP contribution in [0.4, 0.5) is 10.5 Å². The van der Waals surface area contributed by atoms with Gasteiger partial charge in [0.25, 0.3) is 0 Å². The molecule has 202 valence electrons. The van der Waals surface area contributed by atoms with Crippen LogP contribution in [0, 0.1) is 0 Å². The van der Waals surface area contributed by atoms with Gasteiger partial charge < -0.3 is 25.2 Å². The molecule has 0 bridgehead atoms. The molecule has 1 fully saturated rings. The van der Waals surface area contributed by atoms with E-state index in [-0.39, 0.29) is 24.8 Å². The molecule has 0 spiro atoms. The number of aromatic nitrogens is 4. The molecule has 0 aliphatic carbocycles. The molecule has 0 radical (unpaired) electrons. The van der Waals surface area contributed by atoms with Gasteiger partial charge in [0.05, 0.1) is 24.5 Å². The number of benzene rings is 3. The molecule has 10 nitrogen and oxygen atoms in total. The van der Waals surface area contributed by atoms with Crippen LogP contribution in [-0.4, -0.2) is 49.7 Å². The highest BCUT2D eigenvalue weighted by Gasteiger charge is 2.33. The average Bonchev–Trinajstić information content (AvgIpc) is 3.45. The summed E-state index contributed by atoms with van der Waals surface area (Å²) in [6.07, 6.45) is -0.413. The van der Waals surface area contributed by atoms with E-state index in [4.69, 9.17) is 9.47 Å². The Morgan fingerprint density at radius 3 is 2.64 bits per heavy atom. The van der Waals surface area contributed by atoms with Crippen LogP contribution in [0.5, 0.6) is 0 Å². The van der Waals surface area contributed by atoms with Gasteiger partial charge >= 0.3 is 6.03 Å². The van der Waals surface area contributed by atoms with Crippen LogP contribution in [0.2, 0.25) is 0 Å². The minimum atomic E-state index is -0.645. The second-order valence-electron chi connectivity index (χ2n) is 8.98. The lowest BCUT2D eigenvalue weighted by atomic mass is 10.0. The lowest BCUT2D eigenvalue weighted by molar-refractivity contribution is -0.245. The maximum absolute atomic E-state index is 12.0. The number of hydrogen-bond acceptors (Lipinski definition) is 8. The number of carbonyl (C=O) groups excluding carboxylic acids is 1. The van der Waals surface area contributed by atoms with Gasteiger partial charge in [0.2, 0.25) is 5.16 Å². The molecule has 3 atom stereocenters. The van der Waals surface area contributed by atoms with Gasteiger partial charge in [-0.25, -0.2) is 4.79 Å². The summed E-state index contributed by atoms with van der Waals surface area (Å²) in [5, 5.41) is 27.9. The van der Waals surface area contributed by atoms with Gasteiger partial charge in [-0.1, -0.05) is 66.4 Å². The number of aliphatic hydroxyl groups is 1. The van der Waals surface area contributed by atoms with Crippen LogP contribution in [-0.2, 0) is 16.1 Å². The van der Waals surface area contributed by atoms with Crippen molar-refractivity contribution in [3.8, 4) is 5.69 Å². The van der Waals surface area contributed by atoms with Crippen LogP contribution in [0.1, 0.15) is 42.4 Å². The Hall–Kier alpha value is -3.77. The second-order valence-corrected chi connectivity index (χ2v) is 9.97. The van der Waals surface area contributed by atoms with E-state index < -0.39 is 6.29 Å². The maximum Gasteiger partial charge on any atom is 0.319 e. The molecule has 1 aliphatic rings. The normalized spacial score (nSPS) is 19.0. The van der Waals surface area contributed by atoms with Gasteiger partial charge in [0, 0.05) is 30.0 Å². The molecule has 1 saturated heterocycles. The minimum absolute atomic E-state index is 0.0155. The van der Waals surface area contributed by atoms with E-state index in [9.17, 15) is 9.90 Å². The first-order valence-electron chi connectivity index (χ1n) is 12.7. The third-order valence-corrected chi connectivity index (χ3v) is 7.26. The van der Waals surface area contributed by atoms with Crippen molar-refractivity contribution in [1.29, 1.82) is 0 Å². The number of urea groups is 1. The van der Waals surface area contributed by atoms with Crippen LogP contribution in [0.3, 0.4) is 0 Å². The van der Waals surface area contributed by atoms with E-state index in [2.05, 4.69) is 26.2 Å². The summed E-state index contributed by atoms with van der Waals surface area (Å²) in [5.74, 6) is 0.606. The van der Waals surface area contributed by atoms with E-state index in [1.807, 2.05) is 85.8 Å². The monoisotopic (exact) mass is 546 g/mol. The number of tetrazole rings is 1. The fourth-order valence-electron chi connectivity index (χ4n) is 4.29. The number of thioether (sulfide) groups is 1. The highest BCUT2D eigenvalue weighted by molar-refractivity contribution is 7.99.